The number of nitrogens with one attached hydrogen (secondary N) is 2. The first-order valence-electron chi connectivity index (χ1n) is 7.54. The van der Waals surface area contributed by atoms with Gasteiger partial charge in [0.15, 0.2) is 5.65 Å². The molecule has 24 heavy (non-hydrogen) atoms. The highest BCUT2D eigenvalue weighted by Gasteiger charge is 2.13. The smallest absolute Gasteiger partial charge is 0.263 e. The van der Waals surface area contributed by atoms with Crippen molar-refractivity contribution >= 4 is 28.3 Å². The minimum Gasteiger partial charge on any atom is -0.349 e. The van der Waals surface area contributed by atoms with Crippen LogP contribution in [0.15, 0.2) is 58.1 Å². The number of hydrogen-bond acceptors (Lipinski definition) is 5. The highest BCUT2D eigenvalue weighted by atomic mass is 32.1. The summed E-state index contributed by atoms with van der Waals surface area (Å²) in [5, 5.41) is 12.1. The molecule has 6 nitrogen and oxygen atoms in total. The molecule has 0 aliphatic carbocycles. The number of benzene rings is 1. The molecule has 3 heterocycles. The first-order chi connectivity index (χ1) is 11.7. The van der Waals surface area contributed by atoms with E-state index in [9.17, 15) is 4.79 Å². The zero-order valence-electron chi connectivity index (χ0n) is 12.9. The third-order valence-electron chi connectivity index (χ3n) is 3.84. The van der Waals surface area contributed by atoms with Crippen molar-refractivity contribution in [1.29, 1.82) is 0 Å². The van der Waals surface area contributed by atoms with Crippen LogP contribution >= 0.6 is 11.3 Å². The van der Waals surface area contributed by atoms with Crippen LogP contribution < -0.4 is 10.9 Å². The molecule has 1 unspecified atom stereocenters. The van der Waals surface area contributed by atoms with E-state index in [0.29, 0.717) is 17.0 Å². The third-order valence-corrected chi connectivity index (χ3v) is 4.54. The molecule has 1 aromatic carbocycles. The molecule has 0 amide bonds. The summed E-state index contributed by atoms with van der Waals surface area (Å²) in [5.41, 5.74) is 2.34. The molecule has 4 rings (SSSR count). The van der Waals surface area contributed by atoms with Gasteiger partial charge in [-0.05, 0) is 41.4 Å². The largest absolute Gasteiger partial charge is 0.349 e. The lowest BCUT2D eigenvalue weighted by Crippen LogP contribution is -2.15. The van der Waals surface area contributed by atoms with Crippen molar-refractivity contribution in [3.05, 3.63) is 69.3 Å². The lowest BCUT2D eigenvalue weighted by atomic mass is 10.2. The normalized spacial score (nSPS) is 12.4. The number of fused-ring (bicyclic) bond motifs is 1. The van der Waals surface area contributed by atoms with Crippen molar-refractivity contribution in [2.75, 3.05) is 5.32 Å². The van der Waals surface area contributed by atoms with E-state index < -0.39 is 0 Å². The van der Waals surface area contributed by atoms with Crippen molar-refractivity contribution < 1.29 is 0 Å². The Bertz CT molecular complexity index is 1020. The van der Waals surface area contributed by atoms with E-state index in [1.807, 2.05) is 48.7 Å². The average Bonchev–Trinajstić information content (AvgIpc) is 3.25. The number of thiophene rings is 1. The standard InChI is InChI=1S/C17H15N5OS/c1-11(12-7-8-24-10-12)19-17-20-15-14(16(23)21-17)9-18-22(15)13-5-3-2-4-6-13/h2-11H,1H3,(H2,19,20,21,23). The minimum atomic E-state index is -0.206. The highest BCUT2D eigenvalue weighted by Crippen LogP contribution is 2.20. The van der Waals surface area contributed by atoms with E-state index in [-0.39, 0.29) is 11.6 Å². The molecule has 4 aromatic rings. The second-order valence-corrected chi connectivity index (χ2v) is 6.25. The number of para-hydroxylation sites is 1. The van der Waals surface area contributed by atoms with Gasteiger partial charge in [0.25, 0.3) is 5.56 Å². The monoisotopic (exact) mass is 337 g/mol. The van der Waals surface area contributed by atoms with E-state index in [4.69, 9.17) is 0 Å². The molecule has 120 valence electrons. The van der Waals surface area contributed by atoms with Gasteiger partial charge in [-0.3, -0.25) is 9.78 Å². The first kappa shape index (κ1) is 14.6. The molecular weight excluding hydrogens is 322 g/mol. The lowest BCUT2D eigenvalue weighted by molar-refractivity contribution is 0.856. The predicted octanol–water partition coefficient (Wildman–Crippen LogP) is 3.34. The highest BCUT2D eigenvalue weighted by molar-refractivity contribution is 7.08. The maximum atomic E-state index is 12.3. The van der Waals surface area contributed by atoms with Gasteiger partial charge < -0.3 is 5.32 Å². The Morgan fingerprint density at radius 3 is 2.83 bits per heavy atom. The van der Waals surface area contributed by atoms with E-state index in [2.05, 4.69) is 25.8 Å². The Kier molecular flexibility index (Phi) is 3.62. The molecular formula is C17H15N5OS. The molecule has 0 aliphatic heterocycles. The average molecular weight is 337 g/mol. The molecule has 1 atom stereocenters. The molecule has 0 saturated carbocycles. The Hall–Kier alpha value is -2.93. The van der Waals surface area contributed by atoms with Gasteiger partial charge in [-0.2, -0.15) is 21.4 Å². The first-order valence-corrected chi connectivity index (χ1v) is 8.49. The summed E-state index contributed by atoms with van der Waals surface area (Å²) in [4.78, 5) is 19.7. The van der Waals surface area contributed by atoms with Crippen molar-refractivity contribution in [3.8, 4) is 5.69 Å². The number of hydrogen-bond donors (Lipinski definition) is 2. The summed E-state index contributed by atoms with van der Waals surface area (Å²) in [6.07, 6.45) is 1.54. The van der Waals surface area contributed by atoms with Crippen LogP contribution in [0, 0.1) is 0 Å². The second kappa shape index (κ2) is 5.93. The van der Waals surface area contributed by atoms with Gasteiger partial charge >= 0.3 is 0 Å². The lowest BCUT2D eigenvalue weighted by Gasteiger charge is -2.13. The zero-order chi connectivity index (χ0) is 16.5. The summed E-state index contributed by atoms with van der Waals surface area (Å²) in [6.45, 7) is 2.03. The molecule has 2 N–H and O–H groups in total. The fourth-order valence-electron chi connectivity index (χ4n) is 2.55. The maximum absolute atomic E-state index is 12.3. The summed E-state index contributed by atoms with van der Waals surface area (Å²) in [7, 11) is 0. The van der Waals surface area contributed by atoms with Crippen LogP contribution in [0.25, 0.3) is 16.7 Å². The molecule has 7 heteroatoms. The van der Waals surface area contributed by atoms with Crippen molar-refractivity contribution in [2.45, 2.75) is 13.0 Å². The van der Waals surface area contributed by atoms with Crippen molar-refractivity contribution in [3.63, 3.8) is 0 Å². The molecule has 0 spiro atoms. The van der Waals surface area contributed by atoms with Gasteiger partial charge in [0, 0.05) is 0 Å². The van der Waals surface area contributed by atoms with Gasteiger partial charge in [-0.15, -0.1) is 0 Å². The number of H-pyrrole nitrogens is 1. The van der Waals surface area contributed by atoms with Crippen LogP contribution in [-0.4, -0.2) is 19.7 Å². The molecule has 0 saturated heterocycles. The maximum Gasteiger partial charge on any atom is 0.263 e. The summed E-state index contributed by atoms with van der Waals surface area (Å²) >= 11 is 1.64. The molecule has 3 aromatic heterocycles. The fourth-order valence-corrected chi connectivity index (χ4v) is 3.31. The van der Waals surface area contributed by atoms with Gasteiger partial charge in [0.1, 0.15) is 5.39 Å². The van der Waals surface area contributed by atoms with E-state index >= 15 is 0 Å². The van der Waals surface area contributed by atoms with Crippen LogP contribution in [0.3, 0.4) is 0 Å². The Labute approximate surface area is 141 Å². The SMILES string of the molecule is CC(Nc1nc2c(cnn2-c2ccccc2)c(=O)[nH]1)c1ccsc1. The molecule has 0 fully saturated rings. The fraction of sp³-hybridized carbons (Fsp3) is 0.118. The molecule has 0 aliphatic rings. The van der Waals surface area contributed by atoms with Gasteiger partial charge in [0.2, 0.25) is 5.95 Å². The van der Waals surface area contributed by atoms with E-state index in [1.54, 1.807) is 22.2 Å². The van der Waals surface area contributed by atoms with Crippen molar-refractivity contribution in [1.82, 2.24) is 19.7 Å². The van der Waals surface area contributed by atoms with Crippen LogP contribution in [0.5, 0.6) is 0 Å². The van der Waals surface area contributed by atoms with Gasteiger partial charge in [0.05, 0.1) is 17.9 Å². The summed E-state index contributed by atoms with van der Waals surface area (Å²) in [5.74, 6) is 0.434. The minimum absolute atomic E-state index is 0.0462. The quantitative estimate of drug-likeness (QED) is 0.599. The van der Waals surface area contributed by atoms with Gasteiger partial charge in [-0.1, -0.05) is 18.2 Å². The number of aromatic amines is 1. The molecule has 0 radical (unpaired) electrons. The number of aromatic nitrogens is 4. The predicted molar refractivity (Wildman–Crippen MR) is 95.8 cm³/mol. The molecule has 0 bridgehead atoms. The van der Waals surface area contributed by atoms with Crippen molar-refractivity contribution in [2.24, 2.45) is 0 Å². The number of anilines is 1. The van der Waals surface area contributed by atoms with E-state index in [1.165, 1.54) is 0 Å². The van der Waals surface area contributed by atoms with Crippen LogP contribution in [0.2, 0.25) is 0 Å². The zero-order valence-corrected chi connectivity index (χ0v) is 13.7. The van der Waals surface area contributed by atoms with Crippen LogP contribution in [0.4, 0.5) is 5.95 Å². The Balaban J connectivity index is 1.77. The van der Waals surface area contributed by atoms with Gasteiger partial charge in [-0.25, -0.2) is 4.68 Å². The topological polar surface area (TPSA) is 75.6 Å². The number of rotatable bonds is 4. The van der Waals surface area contributed by atoms with E-state index in [0.717, 1.165) is 11.3 Å². The number of nitrogens with zero attached hydrogens (tertiary/aromatic N) is 3. The Morgan fingerprint density at radius 2 is 2.08 bits per heavy atom. The van der Waals surface area contributed by atoms with Crippen LogP contribution in [-0.2, 0) is 0 Å². The second-order valence-electron chi connectivity index (χ2n) is 5.47. The van der Waals surface area contributed by atoms with Crippen LogP contribution in [0.1, 0.15) is 18.5 Å². The third kappa shape index (κ3) is 2.59. The summed E-state index contributed by atoms with van der Waals surface area (Å²) in [6, 6.07) is 11.7. The Morgan fingerprint density at radius 1 is 1.25 bits per heavy atom. The summed E-state index contributed by atoms with van der Waals surface area (Å²) < 4.78 is 1.67.